The summed E-state index contributed by atoms with van der Waals surface area (Å²) in [5.41, 5.74) is 0.691. The normalized spacial score (nSPS) is 22.5. The summed E-state index contributed by atoms with van der Waals surface area (Å²) in [5.74, 6) is -1.22. The van der Waals surface area contributed by atoms with Crippen LogP contribution < -0.4 is 5.32 Å². The zero-order chi connectivity index (χ0) is 19.5. The number of nitrogens with zero attached hydrogens (tertiary/aromatic N) is 1. The van der Waals surface area contributed by atoms with E-state index in [1.807, 2.05) is 0 Å². The lowest BCUT2D eigenvalue weighted by Crippen LogP contribution is -2.47. The summed E-state index contributed by atoms with van der Waals surface area (Å²) < 4.78 is 50.0. The summed E-state index contributed by atoms with van der Waals surface area (Å²) in [7, 11) is -7.67. The molecule has 0 saturated carbocycles. The first-order valence-electron chi connectivity index (χ1n) is 7.91. The van der Waals surface area contributed by atoms with Crippen LogP contribution in [0.15, 0.2) is 29.2 Å². The van der Waals surface area contributed by atoms with Crippen molar-refractivity contribution in [3.05, 3.63) is 29.8 Å². The maximum Gasteiger partial charge on any atom is 0.243 e. The molecule has 9 nitrogen and oxygen atoms in total. The van der Waals surface area contributed by atoms with Gasteiger partial charge in [-0.1, -0.05) is 12.1 Å². The molecule has 1 heterocycles. The van der Waals surface area contributed by atoms with Crippen LogP contribution in [0.2, 0.25) is 0 Å². The van der Waals surface area contributed by atoms with Crippen LogP contribution in [-0.4, -0.2) is 74.1 Å². The Kier molecular flexibility index (Phi) is 6.40. The van der Waals surface area contributed by atoms with Crippen LogP contribution >= 0.6 is 0 Å². The molecule has 0 bridgehead atoms. The molecule has 0 radical (unpaired) electrons. The quantitative estimate of drug-likeness (QED) is 0.498. The van der Waals surface area contributed by atoms with Crippen LogP contribution in [0.5, 0.6) is 0 Å². The lowest BCUT2D eigenvalue weighted by molar-refractivity contribution is -0.119. The molecule has 1 amide bonds. The second-order valence-electron chi connectivity index (χ2n) is 6.10. The Balaban J connectivity index is 2.28. The van der Waals surface area contributed by atoms with Crippen LogP contribution in [0.25, 0.3) is 0 Å². The molecule has 26 heavy (non-hydrogen) atoms. The van der Waals surface area contributed by atoms with Crippen LogP contribution in [-0.2, 0) is 31.2 Å². The molecule has 1 saturated heterocycles. The van der Waals surface area contributed by atoms with Crippen molar-refractivity contribution in [3.63, 3.8) is 0 Å². The highest BCUT2D eigenvalue weighted by atomic mass is 32.2. The largest absolute Gasteiger partial charge is 0.395 e. The predicted octanol–water partition coefficient (Wildman–Crippen LogP) is -1.54. The van der Waals surface area contributed by atoms with E-state index in [4.69, 9.17) is 0 Å². The maximum atomic E-state index is 12.9. The topological polar surface area (TPSA) is 141 Å². The maximum absolute atomic E-state index is 12.9. The fraction of sp³-hybridized carbons (Fsp3) is 0.533. The van der Waals surface area contributed by atoms with E-state index in [9.17, 15) is 31.8 Å². The van der Waals surface area contributed by atoms with E-state index in [2.05, 4.69) is 5.32 Å². The van der Waals surface area contributed by atoms with Gasteiger partial charge in [-0.25, -0.2) is 16.8 Å². The third kappa shape index (κ3) is 4.80. The number of nitrogens with one attached hydrogen (secondary N) is 1. The molecule has 0 aliphatic carbocycles. The van der Waals surface area contributed by atoms with E-state index in [0.717, 1.165) is 4.31 Å². The van der Waals surface area contributed by atoms with Gasteiger partial charge >= 0.3 is 0 Å². The molecule has 2 atom stereocenters. The zero-order valence-corrected chi connectivity index (χ0v) is 15.8. The average Bonchev–Trinajstić information content (AvgIpc) is 2.83. The molecule has 1 aliphatic rings. The van der Waals surface area contributed by atoms with Crippen molar-refractivity contribution in [2.24, 2.45) is 0 Å². The second-order valence-corrected chi connectivity index (χ2v) is 10.1. The van der Waals surface area contributed by atoms with Gasteiger partial charge in [-0.3, -0.25) is 4.79 Å². The number of hydrogen-bond donors (Lipinski definition) is 3. The van der Waals surface area contributed by atoms with E-state index < -0.39 is 50.1 Å². The number of sulfone groups is 1. The molecule has 1 fully saturated rings. The lowest BCUT2D eigenvalue weighted by Gasteiger charge is -2.28. The molecule has 0 unspecified atom stereocenters. The standard InChI is InChI=1S/C15H22N2O7S2/c1-11(19)16-8-12-2-4-13(5-3-12)26(23,24)17(6-7-18)14-9-25(21,22)10-15(14)20/h2-5,14-15,18,20H,6-10H2,1H3,(H,16,19)/t14-,15+/m1/s1. The summed E-state index contributed by atoms with van der Waals surface area (Å²) in [6.07, 6.45) is -1.35. The van der Waals surface area contributed by atoms with Crippen LogP contribution in [0, 0.1) is 0 Å². The average molecular weight is 406 g/mol. The number of amides is 1. The molecule has 1 aromatic rings. The highest BCUT2D eigenvalue weighted by molar-refractivity contribution is 7.92. The van der Waals surface area contributed by atoms with Gasteiger partial charge in [0.25, 0.3) is 0 Å². The van der Waals surface area contributed by atoms with Crippen molar-refractivity contribution >= 4 is 25.8 Å². The number of rotatable bonds is 7. The minimum atomic E-state index is -4.12. The highest BCUT2D eigenvalue weighted by Crippen LogP contribution is 2.25. The SMILES string of the molecule is CC(=O)NCc1ccc(S(=O)(=O)N(CCO)[C@@H]2CS(=O)(=O)C[C@@H]2O)cc1. The molecular formula is C15H22N2O7S2. The minimum Gasteiger partial charge on any atom is -0.395 e. The van der Waals surface area contributed by atoms with Crippen molar-refractivity contribution in [3.8, 4) is 0 Å². The molecule has 3 N–H and O–H groups in total. The van der Waals surface area contributed by atoms with Gasteiger partial charge in [0.2, 0.25) is 15.9 Å². The molecule has 0 spiro atoms. The van der Waals surface area contributed by atoms with Crippen molar-refractivity contribution in [2.45, 2.75) is 30.5 Å². The Bertz CT molecular complexity index is 850. The molecule has 1 aromatic carbocycles. The predicted molar refractivity (Wildman–Crippen MR) is 93.4 cm³/mol. The molecule has 2 rings (SSSR count). The summed E-state index contributed by atoms with van der Waals surface area (Å²) in [6.45, 7) is 0.776. The molecule has 0 aromatic heterocycles. The van der Waals surface area contributed by atoms with Gasteiger partial charge in [-0.2, -0.15) is 4.31 Å². The van der Waals surface area contributed by atoms with Gasteiger partial charge in [-0.15, -0.1) is 0 Å². The zero-order valence-electron chi connectivity index (χ0n) is 14.2. The first-order valence-corrected chi connectivity index (χ1v) is 11.2. The van der Waals surface area contributed by atoms with E-state index in [1.165, 1.54) is 31.2 Å². The van der Waals surface area contributed by atoms with Crippen molar-refractivity contribution in [1.82, 2.24) is 9.62 Å². The molecule has 11 heteroatoms. The van der Waals surface area contributed by atoms with Gasteiger partial charge in [0, 0.05) is 20.0 Å². The van der Waals surface area contributed by atoms with Gasteiger partial charge in [0.1, 0.15) is 0 Å². The highest BCUT2D eigenvalue weighted by Gasteiger charge is 2.44. The van der Waals surface area contributed by atoms with E-state index in [1.54, 1.807) is 0 Å². The smallest absolute Gasteiger partial charge is 0.243 e. The monoisotopic (exact) mass is 406 g/mol. The number of aliphatic hydroxyl groups excluding tert-OH is 2. The minimum absolute atomic E-state index is 0.0889. The lowest BCUT2D eigenvalue weighted by atomic mass is 10.2. The van der Waals surface area contributed by atoms with Crippen molar-refractivity contribution in [2.75, 3.05) is 24.7 Å². The van der Waals surface area contributed by atoms with E-state index in [-0.39, 0.29) is 23.9 Å². The summed E-state index contributed by atoms with van der Waals surface area (Å²) in [6, 6.07) is 4.60. The van der Waals surface area contributed by atoms with Gasteiger partial charge in [0.05, 0.1) is 35.2 Å². The first-order chi connectivity index (χ1) is 12.1. The molecule has 146 valence electrons. The van der Waals surface area contributed by atoms with Crippen LogP contribution in [0.4, 0.5) is 0 Å². The first kappa shape index (κ1) is 20.8. The summed E-state index contributed by atoms with van der Waals surface area (Å²) in [4.78, 5) is 10.8. The number of sulfonamides is 1. The second kappa shape index (κ2) is 8.01. The number of carbonyl (C=O) groups excluding carboxylic acids is 1. The van der Waals surface area contributed by atoms with Crippen molar-refractivity contribution in [1.29, 1.82) is 0 Å². The fourth-order valence-corrected chi connectivity index (χ4v) is 6.33. The van der Waals surface area contributed by atoms with Crippen LogP contribution in [0.3, 0.4) is 0 Å². The van der Waals surface area contributed by atoms with Gasteiger partial charge in [-0.05, 0) is 17.7 Å². The fourth-order valence-electron chi connectivity index (χ4n) is 2.79. The molecular weight excluding hydrogens is 384 g/mol. The number of benzene rings is 1. The third-order valence-electron chi connectivity index (χ3n) is 4.06. The van der Waals surface area contributed by atoms with Gasteiger partial charge < -0.3 is 15.5 Å². The Morgan fingerprint density at radius 3 is 2.35 bits per heavy atom. The Morgan fingerprint density at radius 2 is 1.88 bits per heavy atom. The number of aliphatic hydroxyl groups is 2. The third-order valence-corrected chi connectivity index (χ3v) is 7.69. The Morgan fingerprint density at radius 1 is 1.27 bits per heavy atom. The Hall–Kier alpha value is -1.53. The molecule has 1 aliphatic heterocycles. The van der Waals surface area contributed by atoms with E-state index in [0.29, 0.717) is 5.56 Å². The van der Waals surface area contributed by atoms with Crippen LogP contribution in [0.1, 0.15) is 12.5 Å². The van der Waals surface area contributed by atoms with Crippen molar-refractivity contribution < 1.29 is 31.8 Å². The Labute approximate surface area is 152 Å². The summed E-state index contributed by atoms with van der Waals surface area (Å²) >= 11 is 0. The summed E-state index contributed by atoms with van der Waals surface area (Å²) in [5, 5.41) is 21.8. The van der Waals surface area contributed by atoms with Gasteiger partial charge in [0.15, 0.2) is 9.84 Å². The number of hydrogen-bond acceptors (Lipinski definition) is 7. The number of carbonyl (C=O) groups is 1. The van der Waals surface area contributed by atoms with E-state index >= 15 is 0 Å².